The van der Waals surface area contributed by atoms with Crippen LogP contribution in [0.1, 0.15) is 20.3 Å². The van der Waals surface area contributed by atoms with E-state index in [4.69, 9.17) is 5.11 Å². The molecule has 86 valence electrons. The summed E-state index contributed by atoms with van der Waals surface area (Å²) >= 11 is 0. The summed E-state index contributed by atoms with van der Waals surface area (Å²) in [5.41, 5.74) is 2.05. The first-order chi connectivity index (χ1) is 7.02. The van der Waals surface area contributed by atoms with Crippen molar-refractivity contribution in [3.63, 3.8) is 0 Å². The van der Waals surface area contributed by atoms with E-state index in [0.29, 0.717) is 13.0 Å². The summed E-state index contributed by atoms with van der Waals surface area (Å²) in [4.78, 5) is 13.5. The largest absolute Gasteiger partial charge is 0.393 e. The highest BCUT2D eigenvalue weighted by molar-refractivity contribution is 5.93. The molecule has 1 aliphatic rings. The molecule has 1 fully saturated rings. The Bertz CT molecular complexity index is 266. The van der Waals surface area contributed by atoms with E-state index < -0.39 is 0 Å². The minimum atomic E-state index is -0.349. The minimum absolute atomic E-state index is 0.0761. The fraction of sp³-hybridized carbons (Fsp3) is 0.727. The van der Waals surface area contributed by atoms with Crippen molar-refractivity contribution in [2.75, 3.05) is 26.7 Å². The smallest absolute Gasteiger partial charge is 0.249 e. The lowest BCUT2D eigenvalue weighted by Crippen LogP contribution is -2.38. The van der Waals surface area contributed by atoms with Crippen LogP contribution in [0.25, 0.3) is 0 Å². The van der Waals surface area contributed by atoms with Gasteiger partial charge in [0.05, 0.1) is 6.10 Å². The quantitative estimate of drug-likeness (QED) is 0.652. The molecule has 1 heterocycles. The third kappa shape index (κ3) is 3.32. The Hall–Kier alpha value is -0.870. The van der Waals surface area contributed by atoms with E-state index >= 15 is 0 Å². The van der Waals surface area contributed by atoms with Crippen molar-refractivity contribution < 1.29 is 9.90 Å². The molecule has 4 heteroatoms. The minimum Gasteiger partial charge on any atom is -0.393 e. The molecular weight excluding hydrogens is 192 g/mol. The summed E-state index contributed by atoms with van der Waals surface area (Å²) < 4.78 is 0. The number of aliphatic hydroxyl groups excluding tert-OH is 1. The van der Waals surface area contributed by atoms with Gasteiger partial charge in [0, 0.05) is 32.3 Å². The molecule has 1 atom stereocenters. The van der Waals surface area contributed by atoms with Crippen molar-refractivity contribution in [1.82, 2.24) is 10.2 Å². The monoisotopic (exact) mass is 212 g/mol. The average Bonchev–Trinajstić information content (AvgIpc) is 2.09. The van der Waals surface area contributed by atoms with Gasteiger partial charge in [0.25, 0.3) is 0 Å². The molecule has 0 spiro atoms. The van der Waals surface area contributed by atoms with Crippen LogP contribution in [0, 0.1) is 0 Å². The maximum Gasteiger partial charge on any atom is 0.249 e. The highest BCUT2D eigenvalue weighted by Gasteiger charge is 2.18. The third-order valence-electron chi connectivity index (χ3n) is 2.76. The van der Waals surface area contributed by atoms with E-state index in [1.54, 1.807) is 18.9 Å². The van der Waals surface area contributed by atoms with E-state index in [0.717, 1.165) is 18.7 Å². The highest BCUT2D eigenvalue weighted by atomic mass is 16.3. The van der Waals surface area contributed by atoms with Gasteiger partial charge in [-0.15, -0.1) is 0 Å². The number of amides is 1. The zero-order valence-corrected chi connectivity index (χ0v) is 9.71. The number of hydrogen-bond acceptors (Lipinski definition) is 3. The molecule has 15 heavy (non-hydrogen) atoms. The number of carbonyl (C=O) groups is 1. The number of carbonyl (C=O) groups excluding carboxylic acids is 1. The molecule has 0 radical (unpaired) electrons. The van der Waals surface area contributed by atoms with Gasteiger partial charge in [-0.2, -0.15) is 0 Å². The number of likely N-dealkylation sites (N-methyl/N-ethyl adjacent to an activating group) is 1. The summed E-state index contributed by atoms with van der Waals surface area (Å²) in [6.07, 6.45) is 0.280. The molecular formula is C11H20N2O2. The Morgan fingerprint density at radius 3 is 2.60 bits per heavy atom. The number of aliphatic hydroxyl groups is 1. The van der Waals surface area contributed by atoms with E-state index in [-0.39, 0.29) is 12.0 Å². The first-order valence-electron chi connectivity index (χ1n) is 5.35. The van der Waals surface area contributed by atoms with Gasteiger partial charge < -0.3 is 15.3 Å². The summed E-state index contributed by atoms with van der Waals surface area (Å²) in [5, 5.41) is 12.2. The standard InChI is InChI=1S/C11H20N2O2/c1-8(14)4-5-13(3)11(15)9(2)10-6-12-7-10/h8,12,14H,4-7H2,1-3H3. The second-order valence-corrected chi connectivity index (χ2v) is 4.20. The zero-order valence-electron chi connectivity index (χ0n) is 9.71. The van der Waals surface area contributed by atoms with Gasteiger partial charge in [0.15, 0.2) is 0 Å². The van der Waals surface area contributed by atoms with Crippen LogP contribution in [0.2, 0.25) is 0 Å². The molecule has 4 nitrogen and oxygen atoms in total. The highest BCUT2D eigenvalue weighted by Crippen LogP contribution is 2.11. The first-order valence-corrected chi connectivity index (χ1v) is 5.35. The molecule has 1 unspecified atom stereocenters. The molecule has 0 aliphatic carbocycles. The Morgan fingerprint density at radius 1 is 1.60 bits per heavy atom. The van der Waals surface area contributed by atoms with E-state index in [2.05, 4.69) is 5.32 Å². The summed E-state index contributed by atoms with van der Waals surface area (Å²) in [6.45, 7) is 5.88. The zero-order chi connectivity index (χ0) is 11.4. The molecule has 0 aromatic rings. The normalized spacial score (nSPS) is 16.9. The Labute approximate surface area is 91.0 Å². The van der Waals surface area contributed by atoms with Crippen molar-refractivity contribution in [1.29, 1.82) is 0 Å². The summed E-state index contributed by atoms with van der Waals surface area (Å²) in [5.74, 6) is 0.0761. The van der Waals surface area contributed by atoms with Gasteiger partial charge >= 0.3 is 0 Å². The predicted molar refractivity (Wildman–Crippen MR) is 59.5 cm³/mol. The van der Waals surface area contributed by atoms with Crippen LogP contribution < -0.4 is 5.32 Å². The molecule has 1 amide bonds. The Morgan fingerprint density at radius 2 is 2.20 bits per heavy atom. The molecule has 2 N–H and O–H groups in total. The Kier molecular flexibility index (Phi) is 4.29. The third-order valence-corrected chi connectivity index (χ3v) is 2.76. The molecule has 0 aromatic carbocycles. The van der Waals surface area contributed by atoms with Gasteiger partial charge in [0.2, 0.25) is 5.91 Å². The molecule has 1 saturated heterocycles. The molecule has 0 bridgehead atoms. The van der Waals surface area contributed by atoms with Crippen LogP contribution in [0.3, 0.4) is 0 Å². The first kappa shape index (κ1) is 12.2. The maximum atomic E-state index is 11.8. The molecule has 1 aliphatic heterocycles. The van der Waals surface area contributed by atoms with Gasteiger partial charge in [0.1, 0.15) is 0 Å². The average molecular weight is 212 g/mol. The SMILES string of the molecule is CC(C(=O)N(C)CCC(C)O)=C1CNC1. The van der Waals surface area contributed by atoms with Gasteiger partial charge in [-0.1, -0.05) is 0 Å². The van der Waals surface area contributed by atoms with Gasteiger partial charge in [-0.05, 0) is 25.8 Å². The van der Waals surface area contributed by atoms with Crippen LogP contribution in [-0.2, 0) is 4.79 Å². The summed E-state index contributed by atoms with van der Waals surface area (Å²) in [6, 6.07) is 0. The van der Waals surface area contributed by atoms with Crippen molar-refractivity contribution in [2.45, 2.75) is 26.4 Å². The number of nitrogens with one attached hydrogen (secondary N) is 1. The number of rotatable bonds is 4. The second-order valence-electron chi connectivity index (χ2n) is 4.20. The van der Waals surface area contributed by atoms with E-state index in [1.165, 1.54) is 5.57 Å². The number of hydrogen-bond donors (Lipinski definition) is 2. The number of nitrogens with zero attached hydrogens (tertiary/aromatic N) is 1. The van der Waals surface area contributed by atoms with Crippen LogP contribution >= 0.6 is 0 Å². The van der Waals surface area contributed by atoms with E-state index in [9.17, 15) is 4.79 Å². The lowest BCUT2D eigenvalue weighted by Gasteiger charge is -2.24. The Balaban J connectivity index is 2.45. The lowest BCUT2D eigenvalue weighted by molar-refractivity contribution is -0.126. The maximum absolute atomic E-state index is 11.8. The topological polar surface area (TPSA) is 52.6 Å². The van der Waals surface area contributed by atoms with Crippen LogP contribution in [0.5, 0.6) is 0 Å². The van der Waals surface area contributed by atoms with Crippen molar-refractivity contribution in [2.24, 2.45) is 0 Å². The van der Waals surface area contributed by atoms with Gasteiger partial charge in [-0.25, -0.2) is 0 Å². The van der Waals surface area contributed by atoms with Crippen molar-refractivity contribution in [3.8, 4) is 0 Å². The van der Waals surface area contributed by atoms with Crippen LogP contribution in [-0.4, -0.2) is 48.7 Å². The van der Waals surface area contributed by atoms with Crippen molar-refractivity contribution >= 4 is 5.91 Å². The molecule has 0 aromatic heterocycles. The van der Waals surface area contributed by atoms with Crippen LogP contribution in [0.15, 0.2) is 11.1 Å². The predicted octanol–water partition coefficient (Wildman–Crippen LogP) is 0.135. The van der Waals surface area contributed by atoms with E-state index in [1.807, 2.05) is 6.92 Å². The molecule has 0 saturated carbocycles. The second kappa shape index (κ2) is 5.28. The fourth-order valence-electron chi connectivity index (χ4n) is 1.43. The van der Waals surface area contributed by atoms with Gasteiger partial charge in [-0.3, -0.25) is 4.79 Å². The van der Waals surface area contributed by atoms with Crippen LogP contribution in [0.4, 0.5) is 0 Å². The lowest BCUT2D eigenvalue weighted by atomic mass is 10.0. The fourth-order valence-corrected chi connectivity index (χ4v) is 1.43. The molecule has 1 rings (SSSR count). The summed E-state index contributed by atoms with van der Waals surface area (Å²) in [7, 11) is 1.78. The van der Waals surface area contributed by atoms with Crippen molar-refractivity contribution in [3.05, 3.63) is 11.1 Å².